The summed E-state index contributed by atoms with van der Waals surface area (Å²) in [6.07, 6.45) is 0. The van der Waals surface area contributed by atoms with E-state index in [9.17, 15) is 4.79 Å². The molecule has 0 bridgehead atoms. The van der Waals surface area contributed by atoms with Crippen molar-refractivity contribution in [1.29, 1.82) is 0 Å². The van der Waals surface area contributed by atoms with Gasteiger partial charge in [0.1, 0.15) is 12.4 Å². The quantitative estimate of drug-likeness (QED) is 0.880. The first-order valence-corrected chi connectivity index (χ1v) is 7.23. The molecule has 5 heteroatoms. The Morgan fingerprint density at radius 2 is 2.10 bits per heavy atom. The zero-order valence-electron chi connectivity index (χ0n) is 12.3. The Hall–Kier alpha value is -1.55. The van der Waals surface area contributed by atoms with Gasteiger partial charge >= 0.3 is 0 Å². The maximum absolute atomic E-state index is 12.0. The third-order valence-corrected chi connectivity index (χ3v) is 3.31. The lowest BCUT2D eigenvalue weighted by molar-refractivity contribution is -0.122. The molecule has 108 valence electrons. The molecule has 0 spiro atoms. The van der Waals surface area contributed by atoms with Gasteiger partial charge in [-0.25, -0.2) is 4.98 Å². The van der Waals surface area contributed by atoms with E-state index in [1.165, 1.54) is 0 Å². The molecular formula is C15H20ClN3O. The number of imidazole rings is 1. The van der Waals surface area contributed by atoms with Crippen LogP contribution < -0.4 is 5.32 Å². The fraction of sp³-hybridized carbons (Fsp3) is 0.467. The van der Waals surface area contributed by atoms with Gasteiger partial charge in [0.05, 0.1) is 16.4 Å². The number of benzene rings is 1. The van der Waals surface area contributed by atoms with Crippen LogP contribution in [0.2, 0.25) is 0 Å². The SMILES string of the molecule is Cc1cccc2c1nc(C(C)Cl)n2CC(=O)NC(C)C. The fourth-order valence-corrected chi connectivity index (χ4v) is 2.45. The van der Waals surface area contributed by atoms with Crippen molar-refractivity contribution in [2.45, 2.75) is 45.7 Å². The topological polar surface area (TPSA) is 46.9 Å². The number of amides is 1. The summed E-state index contributed by atoms with van der Waals surface area (Å²) >= 11 is 6.21. The number of nitrogens with one attached hydrogen (secondary N) is 1. The van der Waals surface area contributed by atoms with Gasteiger partial charge in [-0.2, -0.15) is 0 Å². The second-order valence-corrected chi connectivity index (χ2v) is 5.99. The number of halogens is 1. The Kier molecular flexibility index (Phi) is 4.33. The first-order valence-electron chi connectivity index (χ1n) is 6.79. The molecule has 1 amide bonds. The number of alkyl halides is 1. The molecule has 1 aromatic heterocycles. The highest BCUT2D eigenvalue weighted by atomic mass is 35.5. The number of fused-ring (bicyclic) bond motifs is 1. The van der Waals surface area contributed by atoms with Crippen LogP contribution in [0.4, 0.5) is 0 Å². The van der Waals surface area contributed by atoms with Crippen molar-refractivity contribution in [2.75, 3.05) is 0 Å². The van der Waals surface area contributed by atoms with Gasteiger partial charge in [-0.05, 0) is 39.3 Å². The molecule has 1 aromatic carbocycles. The maximum atomic E-state index is 12.0. The van der Waals surface area contributed by atoms with Gasteiger partial charge < -0.3 is 9.88 Å². The summed E-state index contributed by atoms with van der Waals surface area (Å²) in [5.74, 6) is 0.703. The number of carbonyl (C=O) groups is 1. The van der Waals surface area contributed by atoms with Crippen molar-refractivity contribution in [1.82, 2.24) is 14.9 Å². The van der Waals surface area contributed by atoms with Gasteiger partial charge in [0.2, 0.25) is 5.91 Å². The molecule has 0 fully saturated rings. The lowest BCUT2D eigenvalue weighted by Crippen LogP contribution is -2.33. The van der Waals surface area contributed by atoms with Crippen LogP contribution in [-0.4, -0.2) is 21.5 Å². The number of para-hydroxylation sites is 1. The molecule has 0 saturated heterocycles. The minimum absolute atomic E-state index is 0.0284. The Morgan fingerprint density at radius 1 is 1.40 bits per heavy atom. The normalized spacial score (nSPS) is 12.9. The average molecular weight is 294 g/mol. The van der Waals surface area contributed by atoms with Crippen molar-refractivity contribution < 1.29 is 4.79 Å². The lowest BCUT2D eigenvalue weighted by atomic mass is 10.2. The molecule has 2 aromatic rings. The predicted octanol–water partition coefficient (Wildman–Crippen LogP) is 3.17. The third kappa shape index (κ3) is 2.96. The number of hydrogen-bond donors (Lipinski definition) is 1. The van der Waals surface area contributed by atoms with Crippen LogP contribution in [0.1, 0.15) is 37.5 Å². The van der Waals surface area contributed by atoms with Crippen LogP contribution in [0.5, 0.6) is 0 Å². The van der Waals surface area contributed by atoms with E-state index < -0.39 is 0 Å². The predicted molar refractivity (Wildman–Crippen MR) is 82.0 cm³/mol. The molecule has 20 heavy (non-hydrogen) atoms. The molecule has 0 saturated carbocycles. The summed E-state index contributed by atoms with van der Waals surface area (Å²) in [6.45, 7) is 8.01. The molecule has 0 aliphatic rings. The van der Waals surface area contributed by atoms with Crippen LogP contribution in [0.15, 0.2) is 18.2 Å². The van der Waals surface area contributed by atoms with Gasteiger partial charge in [-0.3, -0.25) is 4.79 Å². The van der Waals surface area contributed by atoms with Crippen LogP contribution in [-0.2, 0) is 11.3 Å². The average Bonchev–Trinajstić information content (AvgIpc) is 2.69. The van der Waals surface area contributed by atoms with Crippen LogP contribution >= 0.6 is 11.6 Å². The highest BCUT2D eigenvalue weighted by molar-refractivity contribution is 6.20. The van der Waals surface area contributed by atoms with Crippen LogP contribution in [0, 0.1) is 6.92 Å². The molecule has 4 nitrogen and oxygen atoms in total. The Balaban J connectivity index is 2.47. The first-order chi connectivity index (χ1) is 9.40. The summed E-state index contributed by atoms with van der Waals surface area (Å²) in [5, 5.41) is 2.65. The highest BCUT2D eigenvalue weighted by Crippen LogP contribution is 2.26. The highest BCUT2D eigenvalue weighted by Gasteiger charge is 2.18. The Morgan fingerprint density at radius 3 is 2.70 bits per heavy atom. The van der Waals surface area contributed by atoms with Gasteiger partial charge in [0.25, 0.3) is 0 Å². The summed E-state index contributed by atoms with van der Waals surface area (Å²) in [4.78, 5) is 16.6. The molecular weight excluding hydrogens is 274 g/mol. The van der Waals surface area contributed by atoms with Gasteiger partial charge in [-0.15, -0.1) is 11.6 Å². The molecule has 0 aliphatic carbocycles. The standard InChI is InChI=1S/C15H20ClN3O/c1-9(2)17-13(20)8-19-12-7-5-6-10(3)14(12)18-15(19)11(4)16/h5-7,9,11H,8H2,1-4H3,(H,17,20). The smallest absolute Gasteiger partial charge is 0.240 e. The Bertz CT molecular complexity index is 631. The van der Waals surface area contributed by atoms with Crippen molar-refractivity contribution in [2.24, 2.45) is 0 Å². The molecule has 0 radical (unpaired) electrons. The number of nitrogens with zero attached hydrogens (tertiary/aromatic N) is 2. The van der Waals surface area contributed by atoms with E-state index in [0.717, 1.165) is 22.4 Å². The largest absolute Gasteiger partial charge is 0.352 e. The van der Waals surface area contributed by atoms with E-state index in [-0.39, 0.29) is 23.9 Å². The van der Waals surface area contributed by atoms with Gasteiger partial charge in [0.15, 0.2) is 0 Å². The van der Waals surface area contributed by atoms with E-state index in [1.54, 1.807) is 0 Å². The number of aryl methyl sites for hydroxylation is 1. The van der Waals surface area contributed by atoms with Crippen molar-refractivity contribution in [3.8, 4) is 0 Å². The Labute approximate surface area is 124 Å². The zero-order valence-corrected chi connectivity index (χ0v) is 13.0. The molecule has 2 rings (SSSR count). The minimum atomic E-state index is -0.242. The zero-order chi connectivity index (χ0) is 14.9. The molecule has 1 unspecified atom stereocenters. The van der Waals surface area contributed by atoms with Crippen LogP contribution in [0.25, 0.3) is 11.0 Å². The number of hydrogen-bond acceptors (Lipinski definition) is 2. The van der Waals surface area contributed by atoms with Gasteiger partial charge in [0, 0.05) is 6.04 Å². The minimum Gasteiger partial charge on any atom is -0.352 e. The van der Waals surface area contributed by atoms with Gasteiger partial charge in [-0.1, -0.05) is 12.1 Å². The summed E-state index contributed by atoms with van der Waals surface area (Å²) < 4.78 is 1.90. The molecule has 1 heterocycles. The van der Waals surface area contributed by atoms with E-state index in [4.69, 9.17) is 11.6 Å². The fourth-order valence-electron chi connectivity index (χ4n) is 2.29. The summed E-state index contributed by atoms with van der Waals surface area (Å²) in [5.41, 5.74) is 2.95. The molecule has 1 N–H and O–H groups in total. The summed E-state index contributed by atoms with van der Waals surface area (Å²) in [7, 11) is 0. The number of carbonyl (C=O) groups excluding carboxylic acids is 1. The monoisotopic (exact) mass is 293 g/mol. The van der Waals surface area contributed by atoms with E-state index >= 15 is 0 Å². The third-order valence-electron chi connectivity index (χ3n) is 3.12. The van der Waals surface area contributed by atoms with Crippen LogP contribution in [0.3, 0.4) is 0 Å². The summed E-state index contributed by atoms with van der Waals surface area (Å²) in [6, 6.07) is 6.08. The van der Waals surface area contributed by atoms with E-state index in [0.29, 0.717) is 0 Å². The van der Waals surface area contributed by atoms with E-state index in [1.807, 2.05) is 50.5 Å². The maximum Gasteiger partial charge on any atom is 0.240 e. The molecule has 1 atom stereocenters. The van der Waals surface area contributed by atoms with Crippen molar-refractivity contribution in [3.05, 3.63) is 29.6 Å². The second-order valence-electron chi connectivity index (χ2n) is 5.34. The lowest BCUT2D eigenvalue weighted by Gasteiger charge is -2.12. The van der Waals surface area contributed by atoms with Crippen molar-refractivity contribution in [3.63, 3.8) is 0 Å². The van der Waals surface area contributed by atoms with E-state index in [2.05, 4.69) is 10.3 Å². The first kappa shape index (κ1) is 14.9. The second kappa shape index (κ2) is 5.83. The number of aromatic nitrogens is 2. The molecule has 0 aliphatic heterocycles. The van der Waals surface area contributed by atoms with Crippen molar-refractivity contribution >= 4 is 28.5 Å². The number of rotatable bonds is 4.